The lowest BCUT2D eigenvalue weighted by Crippen LogP contribution is -2.44. The van der Waals surface area contributed by atoms with Crippen LogP contribution >= 0.6 is 24.0 Å². The molecule has 170 valence electrons. The lowest BCUT2D eigenvalue weighted by atomic mass is 10.0. The maximum absolute atomic E-state index is 5.33. The van der Waals surface area contributed by atoms with Crippen LogP contribution in [0.5, 0.6) is 11.6 Å². The highest BCUT2D eigenvalue weighted by Gasteiger charge is 2.22. The Kier molecular flexibility index (Phi) is 10.9. The number of methoxy groups -OCH3 is 2. The summed E-state index contributed by atoms with van der Waals surface area (Å²) in [5.41, 5.74) is 2.19. The highest BCUT2D eigenvalue weighted by molar-refractivity contribution is 14.0. The number of aliphatic imine (C=N–C) groups is 1. The standard InChI is InChI=1S/C23H33N5O2.HI/c1-24-23(25-16-19-8-7-9-22(27-19)30-3)26-17-21(28-14-5-4-6-15-28)18-10-12-20(29-2)13-11-18;/h7-13,21H,4-6,14-17H2,1-3H3,(H2,24,25,26);1H. The second-order valence-electron chi connectivity index (χ2n) is 7.36. The number of aromatic nitrogens is 1. The largest absolute Gasteiger partial charge is 0.497 e. The molecule has 1 aliphatic heterocycles. The first-order valence-corrected chi connectivity index (χ1v) is 10.6. The van der Waals surface area contributed by atoms with Crippen LogP contribution in [-0.4, -0.2) is 56.7 Å². The van der Waals surface area contributed by atoms with Gasteiger partial charge in [0, 0.05) is 19.7 Å². The van der Waals surface area contributed by atoms with Gasteiger partial charge in [-0.05, 0) is 49.7 Å². The Morgan fingerprint density at radius 2 is 1.77 bits per heavy atom. The zero-order valence-corrected chi connectivity index (χ0v) is 21.0. The van der Waals surface area contributed by atoms with Crippen molar-refractivity contribution >= 4 is 29.9 Å². The lowest BCUT2D eigenvalue weighted by Gasteiger charge is -2.35. The third-order valence-corrected chi connectivity index (χ3v) is 5.45. The van der Waals surface area contributed by atoms with Gasteiger partial charge in [-0.1, -0.05) is 24.6 Å². The number of hydrogen-bond donors (Lipinski definition) is 2. The molecule has 0 spiro atoms. The second-order valence-corrected chi connectivity index (χ2v) is 7.36. The Balaban J connectivity index is 0.00000341. The third kappa shape index (κ3) is 7.53. The summed E-state index contributed by atoms with van der Waals surface area (Å²) in [5, 5.41) is 6.85. The Hall–Kier alpha value is -2.07. The molecule has 1 saturated heterocycles. The van der Waals surface area contributed by atoms with Crippen molar-refractivity contribution in [3.8, 4) is 11.6 Å². The summed E-state index contributed by atoms with van der Waals surface area (Å²) in [5.74, 6) is 2.25. The van der Waals surface area contributed by atoms with E-state index in [1.54, 1.807) is 21.3 Å². The van der Waals surface area contributed by atoms with E-state index >= 15 is 0 Å². The molecule has 31 heavy (non-hydrogen) atoms. The molecule has 2 heterocycles. The van der Waals surface area contributed by atoms with E-state index in [2.05, 4.69) is 37.6 Å². The van der Waals surface area contributed by atoms with Gasteiger partial charge in [0.05, 0.1) is 32.5 Å². The van der Waals surface area contributed by atoms with Crippen LogP contribution in [0.3, 0.4) is 0 Å². The SMILES string of the molecule is CN=C(NCc1cccc(OC)n1)NCC(c1ccc(OC)cc1)N1CCCCC1.I. The summed E-state index contributed by atoms with van der Waals surface area (Å²) in [7, 11) is 5.11. The quantitative estimate of drug-likeness (QED) is 0.304. The van der Waals surface area contributed by atoms with Crippen LogP contribution in [0.2, 0.25) is 0 Å². The Labute approximate surface area is 202 Å². The number of nitrogens with zero attached hydrogens (tertiary/aromatic N) is 3. The van der Waals surface area contributed by atoms with Crippen LogP contribution < -0.4 is 20.1 Å². The summed E-state index contributed by atoms with van der Waals surface area (Å²) in [4.78, 5) is 11.4. The van der Waals surface area contributed by atoms with Crippen molar-refractivity contribution in [2.24, 2.45) is 4.99 Å². The van der Waals surface area contributed by atoms with Crippen LogP contribution in [0.1, 0.15) is 36.6 Å². The van der Waals surface area contributed by atoms with Gasteiger partial charge in [-0.15, -0.1) is 24.0 Å². The molecule has 2 N–H and O–H groups in total. The van der Waals surface area contributed by atoms with E-state index in [-0.39, 0.29) is 30.0 Å². The summed E-state index contributed by atoms with van der Waals surface area (Å²) >= 11 is 0. The van der Waals surface area contributed by atoms with E-state index in [9.17, 15) is 0 Å². The van der Waals surface area contributed by atoms with Crippen molar-refractivity contribution in [3.05, 3.63) is 53.7 Å². The summed E-state index contributed by atoms with van der Waals surface area (Å²) < 4.78 is 10.5. The molecule has 0 saturated carbocycles. The first-order chi connectivity index (χ1) is 14.7. The zero-order chi connectivity index (χ0) is 21.2. The van der Waals surface area contributed by atoms with Crippen molar-refractivity contribution < 1.29 is 9.47 Å². The first kappa shape index (κ1) is 25.2. The topological polar surface area (TPSA) is 71.0 Å². The molecule has 1 aliphatic rings. The number of nitrogens with one attached hydrogen (secondary N) is 2. The van der Waals surface area contributed by atoms with Crippen molar-refractivity contribution in [1.82, 2.24) is 20.5 Å². The van der Waals surface area contributed by atoms with Gasteiger partial charge in [0.25, 0.3) is 0 Å². The molecule has 1 aromatic heterocycles. The predicted molar refractivity (Wildman–Crippen MR) is 136 cm³/mol. The van der Waals surface area contributed by atoms with Gasteiger partial charge in [-0.2, -0.15) is 0 Å². The van der Waals surface area contributed by atoms with E-state index in [0.717, 1.165) is 37.0 Å². The maximum Gasteiger partial charge on any atom is 0.213 e. The summed E-state index contributed by atoms with van der Waals surface area (Å²) in [6, 6.07) is 14.4. The van der Waals surface area contributed by atoms with Gasteiger partial charge in [-0.3, -0.25) is 9.89 Å². The maximum atomic E-state index is 5.33. The minimum atomic E-state index is 0. The molecule has 2 aromatic rings. The van der Waals surface area contributed by atoms with Gasteiger partial charge in [0.15, 0.2) is 5.96 Å². The smallest absolute Gasteiger partial charge is 0.213 e. The van der Waals surface area contributed by atoms with Crippen LogP contribution in [-0.2, 0) is 6.54 Å². The van der Waals surface area contributed by atoms with Crippen molar-refractivity contribution in [1.29, 1.82) is 0 Å². The minimum absolute atomic E-state index is 0. The van der Waals surface area contributed by atoms with E-state index in [1.807, 2.05) is 30.3 Å². The van der Waals surface area contributed by atoms with Gasteiger partial charge < -0.3 is 20.1 Å². The van der Waals surface area contributed by atoms with Crippen molar-refractivity contribution in [3.63, 3.8) is 0 Å². The van der Waals surface area contributed by atoms with Gasteiger partial charge >= 0.3 is 0 Å². The number of ether oxygens (including phenoxy) is 2. The van der Waals surface area contributed by atoms with Crippen LogP contribution in [0, 0.1) is 0 Å². The molecule has 3 rings (SSSR count). The van der Waals surface area contributed by atoms with E-state index in [0.29, 0.717) is 12.4 Å². The minimum Gasteiger partial charge on any atom is -0.497 e. The molecule has 0 amide bonds. The van der Waals surface area contributed by atoms with Crippen LogP contribution in [0.4, 0.5) is 0 Å². The molecule has 8 heteroatoms. The Morgan fingerprint density at radius 3 is 2.42 bits per heavy atom. The molecule has 0 bridgehead atoms. The molecule has 1 aromatic carbocycles. The zero-order valence-electron chi connectivity index (χ0n) is 18.6. The monoisotopic (exact) mass is 539 g/mol. The highest BCUT2D eigenvalue weighted by Crippen LogP contribution is 2.25. The normalized spacial score (nSPS) is 15.5. The fourth-order valence-corrected chi connectivity index (χ4v) is 3.77. The Morgan fingerprint density at radius 1 is 1.03 bits per heavy atom. The van der Waals surface area contributed by atoms with E-state index < -0.39 is 0 Å². The molecule has 1 atom stereocenters. The number of guanidine groups is 1. The number of likely N-dealkylation sites (tertiary alicyclic amines) is 1. The molecular formula is C23H34IN5O2. The van der Waals surface area contributed by atoms with Gasteiger partial charge in [-0.25, -0.2) is 4.98 Å². The number of rotatable bonds is 8. The molecule has 0 aliphatic carbocycles. The molecule has 1 fully saturated rings. The molecule has 0 radical (unpaired) electrons. The number of benzene rings is 1. The van der Waals surface area contributed by atoms with E-state index in [1.165, 1.54) is 24.8 Å². The van der Waals surface area contributed by atoms with Crippen molar-refractivity contribution in [2.45, 2.75) is 31.8 Å². The number of hydrogen-bond acceptors (Lipinski definition) is 5. The fraction of sp³-hybridized carbons (Fsp3) is 0.478. The van der Waals surface area contributed by atoms with E-state index in [4.69, 9.17) is 9.47 Å². The lowest BCUT2D eigenvalue weighted by molar-refractivity contribution is 0.164. The highest BCUT2D eigenvalue weighted by atomic mass is 127. The number of pyridine rings is 1. The van der Waals surface area contributed by atoms with Crippen LogP contribution in [0.25, 0.3) is 0 Å². The first-order valence-electron chi connectivity index (χ1n) is 10.6. The third-order valence-electron chi connectivity index (χ3n) is 5.45. The molecule has 7 nitrogen and oxygen atoms in total. The predicted octanol–water partition coefficient (Wildman–Crippen LogP) is 3.61. The molecular weight excluding hydrogens is 505 g/mol. The Bertz CT molecular complexity index is 810. The number of halogens is 1. The number of piperidine rings is 1. The molecule has 1 unspecified atom stereocenters. The van der Waals surface area contributed by atoms with Gasteiger partial charge in [0.1, 0.15) is 5.75 Å². The van der Waals surface area contributed by atoms with Crippen LogP contribution in [0.15, 0.2) is 47.5 Å². The average Bonchev–Trinajstić information content (AvgIpc) is 2.82. The average molecular weight is 539 g/mol. The summed E-state index contributed by atoms with van der Waals surface area (Å²) in [6.07, 6.45) is 3.82. The summed E-state index contributed by atoms with van der Waals surface area (Å²) in [6.45, 7) is 3.60. The van der Waals surface area contributed by atoms with Crippen molar-refractivity contribution in [2.75, 3.05) is 40.9 Å². The fourth-order valence-electron chi connectivity index (χ4n) is 3.77. The second kappa shape index (κ2) is 13.4. The van der Waals surface area contributed by atoms with Gasteiger partial charge in [0.2, 0.25) is 5.88 Å².